The number of ether oxygens (including phenoxy) is 1. The van der Waals surface area contributed by atoms with Gasteiger partial charge in [0.25, 0.3) is 5.56 Å². The SMILES string of the molecule is CC(COCc1nnc(C2CCN(c3ncc(F)cn3)CC2)o1)Nc1cn[nH]c(=O)c1C(F)(F)F. The summed E-state index contributed by atoms with van der Waals surface area (Å²) >= 11 is 0. The lowest BCUT2D eigenvalue weighted by Crippen LogP contribution is -2.34. The fourth-order valence-electron chi connectivity index (χ4n) is 3.70. The monoisotopic (exact) mass is 498 g/mol. The van der Waals surface area contributed by atoms with Crippen molar-refractivity contribution in [1.29, 1.82) is 0 Å². The van der Waals surface area contributed by atoms with Crippen LogP contribution in [0.4, 0.5) is 29.2 Å². The molecule has 0 spiro atoms. The van der Waals surface area contributed by atoms with Crippen LogP contribution in [0.1, 0.15) is 43.0 Å². The number of nitrogens with zero attached hydrogens (tertiary/aromatic N) is 6. The van der Waals surface area contributed by atoms with Crippen LogP contribution in [0.5, 0.6) is 0 Å². The average molecular weight is 498 g/mol. The van der Waals surface area contributed by atoms with Crippen LogP contribution in [-0.2, 0) is 17.5 Å². The minimum Gasteiger partial charge on any atom is -0.422 e. The van der Waals surface area contributed by atoms with E-state index in [1.54, 1.807) is 12.0 Å². The lowest BCUT2D eigenvalue weighted by atomic mass is 9.97. The van der Waals surface area contributed by atoms with Crippen molar-refractivity contribution in [3.8, 4) is 0 Å². The number of piperidine rings is 1. The highest BCUT2D eigenvalue weighted by Gasteiger charge is 2.37. The van der Waals surface area contributed by atoms with Gasteiger partial charge in [-0.05, 0) is 19.8 Å². The molecule has 0 aromatic carbocycles. The molecule has 35 heavy (non-hydrogen) atoms. The quantitative estimate of drug-likeness (QED) is 0.446. The highest BCUT2D eigenvalue weighted by molar-refractivity contribution is 5.50. The Morgan fingerprint density at radius 3 is 2.63 bits per heavy atom. The molecule has 0 radical (unpaired) electrons. The van der Waals surface area contributed by atoms with Gasteiger partial charge in [0.2, 0.25) is 17.7 Å². The molecule has 0 amide bonds. The second-order valence-electron chi connectivity index (χ2n) is 8.04. The maximum absolute atomic E-state index is 13.1. The lowest BCUT2D eigenvalue weighted by molar-refractivity contribution is -0.138. The zero-order chi connectivity index (χ0) is 25.0. The van der Waals surface area contributed by atoms with Gasteiger partial charge in [0.1, 0.15) is 12.2 Å². The predicted octanol–water partition coefficient (Wildman–Crippen LogP) is 2.50. The Morgan fingerprint density at radius 1 is 1.23 bits per heavy atom. The van der Waals surface area contributed by atoms with Gasteiger partial charge in [-0.15, -0.1) is 10.2 Å². The van der Waals surface area contributed by atoms with Crippen LogP contribution in [0.15, 0.2) is 27.8 Å². The van der Waals surface area contributed by atoms with E-state index < -0.39 is 34.8 Å². The lowest BCUT2D eigenvalue weighted by Gasteiger charge is -2.30. The van der Waals surface area contributed by atoms with Crippen LogP contribution in [0, 0.1) is 5.82 Å². The zero-order valence-electron chi connectivity index (χ0n) is 18.5. The van der Waals surface area contributed by atoms with Gasteiger partial charge in [-0.1, -0.05) is 0 Å². The molecule has 0 aliphatic carbocycles. The fraction of sp³-hybridized carbons (Fsp3) is 0.500. The van der Waals surface area contributed by atoms with Gasteiger partial charge in [0.05, 0.1) is 30.9 Å². The van der Waals surface area contributed by atoms with Gasteiger partial charge >= 0.3 is 6.18 Å². The summed E-state index contributed by atoms with van der Waals surface area (Å²) in [6, 6.07) is -0.569. The van der Waals surface area contributed by atoms with Crippen LogP contribution in [0.3, 0.4) is 0 Å². The first kappa shape index (κ1) is 24.5. The Hall–Kier alpha value is -3.62. The summed E-state index contributed by atoms with van der Waals surface area (Å²) in [5, 5.41) is 15.8. The summed E-state index contributed by atoms with van der Waals surface area (Å²) in [5.74, 6) is 0.723. The molecule has 2 N–H and O–H groups in total. The minimum atomic E-state index is -4.83. The summed E-state index contributed by atoms with van der Waals surface area (Å²) in [6.07, 6.45) is -0.242. The minimum absolute atomic E-state index is 0.0118. The van der Waals surface area contributed by atoms with Crippen molar-refractivity contribution < 1.29 is 26.7 Å². The number of H-pyrrole nitrogens is 1. The van der Waals surface area contributed by atoms with Crippen LogP contribution < -0.4 is 15.8 Å². The Balaban J connectivity index is 1.25. The predicted molar refractivity (Wildman–Crippen MR) is 113 cm³/mol. The maximum atomic E-state index is 13.1. The van der Waals surface area contributed by atoms with Gasteiger partial charge in [0, 0.05) is 25.0 Å². The first-order valence-electron chi connectivity index (χ1n) is 10.7. The van der Waals surface area contributed by atoms with Crippen molar-refractivity contribution in [2.75, 3.05) is 29.9 Å². The summed E-state index contributed by atoms with van der Waals surface area (Å²) in [4.78, 5) is 21.5. The molecule has 4 rings (SSSR count). The van der Waals surface area contributed by atoms with Crippen molar-refractivity contribution in [3.63, 3.8) is 0 Å². The normalized spacial score (nSPS) is 15.9. The third-order valence-corrected chi connectivity index (χ3v) is 5.35. The summed E-state index contributed by atoms with van der Waals surface area (Å²) in [6.45, 7) is 2.87. The molecule has 1 fully saturated rings. The van der Waals surface area contributed by atoms with Gasteiger partial charge in [-0.3, -0.25) is 4.79 Å². The number of aromatic nitrogens is 6. The number of hydrogen-bond acceptors (Lipinski definition) is 10. The topological polar surface area (TPSA) is 135 Å². The molecule has 1 saturated heterocycles. The van der Waals surface area contributed by atoms with Crippen molar-refractivity contribution >= 4 is 11.6 Å². The Bertz CT molecular complexity index is 1180. The standard InChI is InChI=1S/C20H22F4N8O3/c1-11(28-14-8-27-30-17(33)16(14)20(22,23)24)9-34-10-15-29-31-18(35-15)12-2-4-32(5-3-12)19-25-6-13(21)7-26-19/h6-8,11-12H,2-5,9-10H2,1H3,(H2,28,30,33). The van der Waals surface area contributed by atoms with Crippen molar-refractivity contribution in [1.82, 2.24) is 30.4 Å². The van der Waals surface area contributed by atoms with E-state index in [1.165, 1.54) is 0 Å². The second-order valence-corrected chi connectivity index (χ2v) is 8.04. The molecule has 15 heteroatoms. The first-order chi connectivity index (χ1) is 16.7. The number of nitrogens with one attached hydrogen (secondary N) is 2. The Kier molecular flexibility index (Phi) is 7.23. The van der Waals surface area contributed by atoms with E-state index in [0.717, 1.165) is 31.4 Å². The number of aromatic amines is 1. The Morgan fingerprint density at radius 2 is 1.94 bits per heavy atom. The van der Waals surface area contributed by atoms with Gasteiger partial charge in [0.15, 0.2) is 5.82 Å². The third-order valence-electron chi connectivity index (χ3n) is 5.35. The average Bonchev–Trinajstić information content (AvgIpc) is 3.28. The Labute approximate surface area is 195 Å². The molecule has 1 aliphatic heterocycles. The zero-order valence-corrected chi connectivity index (χ0v) is 18.5. The van der Waals surface area contributed by atoms with Gasteiger partial charge in [-0.25, -0.2) is 19.5 Å². The molecule has 1 atom stereocenters. The summed E-state index contributed by atoms with van der Waals surface area (Å²) in [5.41, 5.74) is -3.11. The van der Waals surface area contributed by atoms with Crippen LogP contribution >= 0.6 is 0 Å². The number of anilines is 2. The molecule has 0 saturated carbocycles. The van der Waals surface area contributed by atoms with E-state index in [-0.39, 0.29) is 25.0 Å². The number of alkyl halides is 3. The fourth-order valence-corrected chi connectivity index (χ4v) is 3.70. The highest BCUT2D eigenvalue weighted by atomic mass is 19.4. The van der Waals surface area contributed by atoms with E-state index in [1.807, 2.05) is 4.90 Å². The molecular weight excluding hydrogens is 476 g/mol. The summed E-state index contributed by atoms with van der Waals surface area (Å²) in [7, 11) is 0. The van der Waals surface area contributed by atoms with Crippen LogP contribution in [0.2, 0.25) is 0 Å². The van der Waals surface area contributed by atoms with E-state index in [0.29, 0.717) is 24.9 Å². The smallest absolute Gasteiger partial charge is 0.422 e. The molecule has 0 bridgehead atoms. The van der Waals surface area contributed by atoms with Crippen molar-refractivity contribution in [3.05, 3.63) is 52.1 Å². The van der Waals surface area contributed by atoms with E-state index in [9.17, 15) is 22.4 Å². The van der Waals surface area contributed by atoms with Crippen LogP contribution in [-0.4, -0.2) is 56.1 Å². The molecule has 3 aromatic heterocycles. The molecule has 3 aromatic rings. The third kappa shape index (κ3) is 6.09. The maximum Gasteiger partial charge on any atom is 0.423 e. The molecular formula is C20H22F4N8O3. The van der Waals surface area contributed by atoms with E-state index in [2.05, 4.69) is 30.6 Å². The van der Waals surface area contributed by atoms with Crippen molar-refractivity contribution in [2.45, 2.75) is 44.5 Å². The van der Waals surface area contributed by atoms with E-state index in [4.69, 9.17) is 9.15 Å². The number of hydrogen-bond donors (Lipinski definition) is 2. The molecule has 1 aliphatic rings. The largest absolute Gasteiger partial charge is 0.423 e. The molecule has 4 heterocycles. The van der Waals surface area contributed by atoms with Crippen LogP contribution in [0.25, 0.3) is 0 Å². The van der Waals surface area contributed by atoms with Gasteiger partial charge in [-0.2, -0.15) is 18.3 Å². The van der Waals surface area contributed by atoms with Gasteiger partial charge < -0.3 is 19.4 Å². The molecule has 188 valence electrons. The molecule has 11 nitrogen and oxygen atoms in total. The summed E-state index contributed by atoms with van der Waals surface area (Å²) < 4.78 is 63.6. The molecule has 1 unspecified atom stereocenters. The second kappa shape index (κ2) is 10.3. The number of rotatable bonds is 8. The number of halogens is 4. The van der Waals surface area contributed by atoms with Crippen molar-refractivity contribution in [2.24, 2.45) is 0 Å². The van der Waals surface area contributed by atoms with E-state index >= 15 is 0 Å². The first-order valence-corrected chi connectivity index (χ1v) is 10.7. The highest BCUT2D eigenvalue weighted by Crippen LogP contribution is 2.32.